The summed E-state index contributed by atoms with van der Waals surface area (Å²) in [5.41, 5.74) is 5.60. The van der Waals surface area contributed by atoms with E-state index in [1.807, 2.05) is 0 Å². The van der Waals surface area contributed by atoms with Gasteiger partial charge in [0.25, 0.3) is 0 Å². The number of nitrogens with one attached hydrogen (secondary N) is 2. The summed E-state index contributed by atoms with van der Waals surface area (Å²) in [5.74, 6) is 0.397. The molecule has 0 saturated heterocycles. The lowest BCUT2D eigenvalue weighted by Crippen LogP contribution is -2.53. The molecule has 3 atom stereocenters. The van der Waals surface area contributed by atoms with Crippen LogP contribution in [-0.2, 0) is 28.2 Å². The molecule has 0 radical (unpaired) electrons. The van der Waals surface area contributed by atoms with E-state index < -0.39 is 25.8 Å². The van der Waals surface area contributed by atoms with Gasteiger partial charge in [-0.25, -0.2) is 24.4 Å². The summed E-state index contributed by atoms with van der Waals surface area (Å²) < 4.78 is 50.1. The fourth-order valence-electron chi connectivity index (χ4n) is 3.35. The Hall–Kier alpha value is -3.61. The number of fused-ring (bicyclic) bond motifs is 2. The van der Waals surface area contributed by atoms with Crippen LogP contribution in [0, 0.1) is 0 Å². The van der Waals surface area contributed by atoms with Crippen LogP contribution >= 0.6 is 7.75 Å². The van der Waals surface area contributed by atoms with Crippen LogP contribution in [0.2, 0.25) is 0 Å². The number of hydrogen-bond donors (Lipinski definition) is 3. The smallest absolute Gasteiger partial charge is 0.459 e. The summed E-state index contributed by atoms with van der Waals surface area (Å²) in [5, 5.41) is 4.99. The fraction of sp³-hybridized carbons (Fsp3) is 0.476. The van der Waals surface area contributed by atoms with Crippen molar-refractivity contribution in [1.29, 1.82) is 0 Å². The molecule has 0 saturated carbocycles. The van der Waals surface area contributed by atoms with Crippen molar-refractivity contribution in [3.63, 3.8) is 0 Å². The van der Waals surface area contributed by atoms with Gasteiger partial charge in [0.2, 0.25) is 12.8 Å². The van der Waals surface area contributed by atoms with Gasteiger partial charge in [0.05, 0.1) is 19.3 Å². The Labute approximate surface area is 212 Å². The number of carbonyl (C=O) groups is 2. The monoisotopic (exact) mass is 539 g/mol. The third kappa shape index (κ3) is 6.59. The molecule has 3 aliphatic heterocycles. The van der Waals surface area contributed by atoms with Crippen molar-refractivity contribution < 1.29 is 42.1 Å². The molecule has 37 heavy (non-hydrogen) atoms. The standard InChI is InChI=1S/C21H27N6O9P/c1-12(2)35-20(29)13(3)26-37(30,36-14-4-5-15-16(8-14)33-11-32-15)34-7-6-31-10-27-9-23-17-18(27)24-21(22)25-19(17)28/h4-5,8-9,12-13,17H,6-7,10-11H2,1-3H3,(H3,22,25,26,28,30)/p+1/t13-,17?,37?/m1/s1. The number of carbonyl (C=O) groups excluding carboxylic acids is 2. The van der Waals surface area contributed by atoms with E-state index in [2.05, 4.69) is 20.1 Å². The fourth-order valence-corrected chi connectivity index (χ4v) is 4.82. The largest absolute Gasteiger partial charge is 0.462 e. The molecule has 0 aromatic heterocycles. The van der Waals surface area contributed by atoms with Crippen LogP contribution in [0.25, 0.3) is 0 Å². The molecule has 3 aliphatic rings. The van der Waals surface area contributed by atoms with Crippen LogP contribution in [0.1, 0.15) is 20.8 Å². The predicted octanol–water partition coefficient (Wildman–Crippen LogP) is -0.555. The average Bonchev–Trinajstić information content (AvgIpc) is 3.45. The van der Waals surface area contributed by atoms with Crippen molar-refractivity contribution in [1.82, 2.24) is 20.0 Å². The second-order valence-electron chi connectivity index (χ2n) is 8.29. The highest BCUT2D eigenvalue weighted by atomic mass is 31.2. The van der Waals surface area contributed by atoms with Crippen LogP contribution in [0.15, 0.2) is 23.2 Å². The van der Waals surface area contributed by atoms with Gasteiger partial charge in [-0.3, -0.25) is 19.8 Å². The van der Waals surface area contributed by atoms with Crippen molar-refractivity contribution in [3.05, 3.63) is 18.2 Å². The first-order chi connectivity index (χ1) is 17.6. The van der Waals surface area contributed by atoms with Gasteiger partial charge in [0, 0.05) is 6.07 Å². The van der Waals surface area contributed by atoms with E-state index >= 15 is 0 Å². The van der Waals surface area contributed by atoms with Gasteiger partial charge in [-0.2, -0.15) is 5.09 Å². The molecule has 3 heterocycles. The molecule has 0 bridgehead atoms. The normalized spacial score (nSPS) is 20.1. The number of benzene rings is 1. The molecule has 1 aromatic rings. The molecule has 2 unspecified atom stereocenters. The summed E-state index contributed by atoms with van der Waals surface area (Å²) in [4.78, 5) is 29.8. The van der Waals surface area contributed by atoms with Gasteiger partial charge >= 0.3 is 31.4 Å². The zero-order chi connectivity index (χ0) is 26.6. The minimum Gasteiger partial charge on any atom is -0.462 e. The summed E-state index contributed by atoms with van der Waals surface area (Å²) in [6.45, 7) is 4.74. The molecule has 1 aromatic carbocycles. The van der Waals surface area contributed by atoms with Crippen LogP contribution in [0.4, 0.5) is 0 Å². The predicted molar refractivity (Wildman–Crippen MR) is 130 cm³/mol. The maximum atomic E-state index is 13.6. The SMILES string of the molecule is CC(C)OC(=O)[C@@H](C)NP(=O)(OCCOCN1C=NC2C(=O)NC(N)=[N+]=C21)Oc1ccc2c(c1)OCO2. The lowest BCUT2D eigenvalue weighted by atomic mass is 10.2. The van der Waals surface area contributed by atoms with E-state index in [9.17, 15) is 14.2 Å². The van der Waals surface area contributed by atoms with Gasteiger partial charge in [-0.15, -0.1) is 0 Å². The Balaban J connectivity index is 1.35. The maximum absolute atomic E-state index is 13.6. The van der Waals surface area contributed by atoms with Crippen LogP contribution in [0.5, 0.6) is 17.2 Å². The number of hydrogen-bond acceptors (Lipinski definition) is 12. The number of ether oxygens (including phenoxy) is 4. The molecular formula is C21H28N6O9P+. The average molecular weight is 539 g/mol. The van der Waals surface area contributed by atoms with Crippen molar-refractivity contribution >= 4 is 37.8 Å². The second-order valence-corrected chi connectivity index (χ2v) is 9.99. The molecule has 0 aliphatic carbocycles. The van der Waals surface area contributed by atoms with E-state index in [0.29, 0.717) is 17.3 Å². The lowest BCUT2D eigenvalue weighted by molar-refractivity contribution is -0.149. The van der Waals surface area contributed by atoms with Gasteiger partial charge in [0.15, 0.2) is 18.2 Å². The molecular weight excluding hydrogens is 511 g/mol. The van der Waals surface area contributed by atoms with Gasteiger partial charge in [-0.05, 0) is 32.9 Å². The summed E-state index contributed by atoms with van der Waals surface area (Å²) >= 11 is 0. The van der Waals surface area contributed by atoms with Gasteiger partial charge in [0.1, 0.15) is 18.1 Å². The quantitative estimate of drug-likeness (QED) is 0.133. The molecule has 0 fully saturated rings. The van der Waals surface area contributed by atoms with Crippen molar-refractivity contribution in [3.8, 4) is 17.2 Å². The number of nitrogens with zero attached hydrogens (tertiary/aromatic N) is 3. The number of amidine groups is 1. The Morgan fingerprint density at radius 3 is 2.89 bits per heavy atom. The number of guanidine groups is 1. The molecule has 1 amide bonds. The summed E-state index contributed by atoms with van der Waals surface area (Å²) in [6, 6.07) is 2.84. The lowest BCUT2D eigenvalue weighted by Gasteiger charge is -2.23. The highest BCUT2D eigenvalue weighted by Crippen LogP contribution is 2.47. The summed E-state index contributed by atoms with van der Waals surface area (Å²) in [7, 11) is -4.09. The van der Waals surface area contributed by atoms with E-state index in [4.69, 9.17) is 33.7 Å². The Morgan fingerprint density at radius 1 is 1.32 bits per heavy atom. The van der Waals surface area contributed by atoms with E-state index in [1.165, 1.54) is 30.3 Å². The van der Waals surface area contributed by atoms with Crippen molar-refractivity contribution in [2.75, 3.05) is 26.7 Å². The topological polar surface area (TPSA) is 186 Å². The number of nitrogens with two attached hydrogens (primary N) is 1. The van der Waals surface area contributed by atoms with Gasteiger partial charge in [-0.1, -0.05) is 0 Å². The molecule has 0 spiro atoms. The third-order valence-electron chi connectivity index (χ3n) is 4.97. The highest BCUT2D eigenvalue weighted by Gasteiger charge is 2.41. The third-order valence-corrected chi connectivity index (χ3v) is 6.65. The molecule has 16 heteroatoms. The first-order valence-electron chi connectivity index (χ1n) is 11.4. The zero-order valence-corrected chi connectivity index (χ0v) is 21.3. The number of rotatable bonds is 12. The van der Waals surface area contributed by atoms with Crippen LogP contribution < -0.4 is 34.8 Å². The van der Waals surface area contributed by atoms with Crippen LogP contribution in [0.3, 0.4) is 0 Å². The first kappa shape index (κ1) is 26.5. The molecule has 4 N–H and O–H groups in total. The number of aliphatic imine (C=N–C) groups is 1. The number of amides is 1. The highest BCUT2D eigenvalue weighted by molar-refractivity contribution is 7.52. The van der Waals surface area contributed by atoms with E-state index in [1.54, 1.807) is 19.9 Å². The molecule has 4 rings (SSSR count). The Bertz CT molecular complexity index is 1200. The second kappa shape index (κ2) is 11.2. The van der Waals surface area contributed by atoms with Crippen molar-refractivity contribution in [2.45, 2.75) is 39.0 Å². The van der Waals surface area contributed by atoms with Crippen molar-refractivity contribution in [2.24, 2.45) is 10.7 Å². The maximum Gasteiger partial charge on any atom is 0.459 e. The Morgan fingerprint density at radius 2 is 2.11 bits per heavy atom. The minimum atomic E-state index is -4.09. The van der Waals surface area contributed by atoms with Gasteiger partial charge < -0.3 is 23.5 Å². The molecule has 200 valence electrons. The van der Waals surface area contributed by atoms with E-state index in [0.717, 1.165) is 0 Å². The van der Waals surface area contributed by atoms with E-state index in [-0.39, 0.29) is 50.5 Å². The van der Waals surface area contributed by atoms with Crippen LogP contribution in [-0.4, -0.2) is 79.8 Å². The molecule has 15 nitrogen and oxygen atoms in total. The number of esters is 1. The Kier molecular flexibility index (Phi) is 8.00. The first-order valence-corrected chi connectivity index (χ1v) is 12.9. The summed E-state index contributed by atoms with van der Waals surface area (Å²) in [6.07, 6.45) is 1.06. The zero-order valence-electron chi connectivity index (χ0n) is 20.4. The minimum absolute atomic E-state index is 0.0133.